The number of hydrogen-bond acceptors (Lipinski definition) is 7. The van der Waals surface area contributed by atoms with Gasteiger partial charge in [0, 0.05) is 41.8 Å². The standard InChI is InChI=1S/C31H30N6O3/c1-6-40-27-17-36-25(16-24(27)20-9-11-34-26(13-20)30(39)33-5)23-15-22(8-7-19(23)2)37-29(38)21-10-12-35-28(14-21)31(3,4)18-32/h7-17H,6H2,1-5H3,(H,33,39)(H,37,38). The van der Waals surface area contributed by atoms with Gasteiger partial charge >= 0.3 is 0 Å². The lowest BCUT2D eigenvalue weighted by atomic mass is 9.90. The van der Waals surface area contributed by atoms with E-state index in [9.17, 15) is 14.9 Å². The van der Waals surface area contributed by atoms with Gasteiger partial charge < -0.3 is 15.4 Å². The van der Waals surface area contributed by atoms with Crippen molar-refractivity contribution in [3.05, 3.63) is 89.6 Å². The highest BCUT2D eigenvalue weighted by Crippen LogP contribution is 2.35. The summed E-state index contributed by atoms with van der Waals surface area (Å²) in [6, 6.07) is 16.5. The molecule has 9 heteroatoms. The molecule has 0 aliphatic heterocycles. The average Bonchev–Trinajstić information content (AvgIpc) is 2.98. The summed E-state index contributed by atoms with van der Waals surface area (Å²) >= 11 is 0. The maximum atomic E-state index is 13.1. The van der Waals surface area contributed by atoms with Crippen LogP contribution in [0.25, 0.3) is 22.4 Å². The quantitative estimate of drug-likeness (QED) is 0.313. The predicted molar refractivity (Wildman–Crippen MR) is 153 cm³/mol. The summed E-state index contributed by atoms with van der Waals surface area (Å²) in [6.07, 6.45) is 4.78. The van der Waals surface area contributed by atoms with Crippen LogP contribution in [0, 0.1) is 18.3 Å². The van der Waals surface area contributed by atoms with Crippen molar-refractivity contribution in [3.63, 3.8) is 0 Å². The number of nitrogens with zero attached hydrogens (tertiary/aromatic N) is 4. The number of hydrogen-bond donors (Lipinski definition) is 2. The molecule has 0 unspecified atom stereocenters. The molecule has 0 atom stereocenters. The lowest BCUT2D eigenvalue weighted by Gasteiger charge is -2.16. The molecule has 1 aromatic carbocycles. The number of carbonyl (C=O) groups is 2. The van der Waals surface area contributed by atoms with Crippen molar-refractivity contribution in [1.82, 2.24) is 20.3 Å². The minimum atomic E-state index is -0.819. The number of nitrogens with one attached hydrogen (secondary N) is 2. The van der Waals surface area contributed by atoms with E-state index in [2.05, 4.69) is 31.7 Å². The first-order valence-corrected chi connectivity index (χ1v) is 12.8. The van der Waals surface area contributed by atoms with Gasteiger partial charge in [-0.3, -0.25) is 24.5 Å². The summed E-state index contributed by atoms with van der Waals surface area (Å²) < 4.78 is 5.84. The number of ether oxygens (including phenoxy) is 1. The van der Waals surface area contributed by atoms with E-state index >= 15 is 0 Å². The highest BCUT2D eigenvalue weighted by molar-refractivity contribution is 6.04. The van der Waals surface area contributed by atoms with Crippen LogP contribution >= 0.6 is 0 Å². The van der Waals surface area contributed by atoms with Crippen LogP contribution < -0.4 is 15.4 Å². The first kappa shape index (κ1) is 27.9. The first-order chi connectivity index (χ1) is 19.2. The number of nitriles is 1. The van der Waals surface area contributed by atoms with Gasteiger partial charge in [-0.15, -0.1) is 0 Å². The first-order valence-electron chi connectivity index (χ1n) is 12.8. The molecule has 3 aromatic heterocycles. The summed E-state index contributed by atoms with van der Waals surface area (Å²) in [5.74, 6) is -0.0202. The normalized spacial score (nSPS) is 10.9. The van der Waals surface area contributed by atoms with E-state index < -0.39 is 5.41 Å². The Hall–Kier alpha value is -5.10. The molecule has 2 N–H and O–H groups in total. The molecule has 0 spiro atoms. The van der Waals surface area contributed by atoms with Crippen molar-refractivity contribution in [1.29, 1.82) is 5.26 Å². The zero-order chi connectivity index (χ0) is 28.9. The lowest BCUT2D eigenvalue weighted by molar-refractivity contribution is 0.0957. The zero-order valence-corrected chi connectivity index (χ0v) is 23.1. The molecular formula is C31H30N6O3. The topological polar surface area (TPSA) is 130 Å². The van der Waals surface area contributed by atoms with Gasteiger partial charge in [0.2, 0.25) is 0 Å². The van der Waals surface area contributed by atoms with Gasteiger partial charge in [-0.2, -0.15) is 5.26 Å². The Labute approximate surface area is 233 Å². The number of anilines is 1. The summed E-state index contributed by atoms with van der Waals surface area (Å²) in [7, 11) is 1.56. The van der Waals surface area contributed by atoms with Gasteiger partial charge in [0.15, 0.2) is 0 Å². The number of carbonyl (C=O) groups excluding carboxylic acids is 2. The van der Waals surface area contributed by atoms with E-state index in [4.69, 9.17) is 4.74 Å². The third kappa shape index (κ3) is 5.97. The lowest BCUT2D eigenvalue weighted by Crippen LogP contribution is -2.19. The van der Waals surface area contributed by atoms with E-state index in [1.807, 2.05) is 44.2 Å². The minimum absolute atomic E-state index is 0.286. The fourth-order valence-electron chi connectivity index (χ4n) is 4.09. The van der Waals surface area contributed by atoms with Gasteiger partial charge in [-0.25, -0.2) is 0 Å². The fraction of sp³-hybridized carbons (Fsp3) is 0.226. The second-order valence-electron chi connectivity index (χ2n) is 9.66. The van der Waals surface area contributed by atoms with Gasteiger partial charge in [-0.05, 0) is 81.3 Å². The van der Waals surface area contributed by atoms with Crippen LogP contribution in [0.5, 0.6) is 5.75 Å². The summed E-state index contributed by atoms with van der Waals surface area (Å²) in [4.78, 5) is 38.3. The molecule has 0 saturated heterocycles. The highest BCUT2D eigenvalue weighted by atomic mass is 16.5. The molecule has 0 aliphatic carbocycles. The molecule has 0 fully saturated rings. The minimum Gasteiger partial charge on any atom is -0.492 e. The summed E-state index contributed by atoms with van der Waals surface area (Å²) in [5, 5.41) is 15.0. The maximum Gasteiger partial charge on any atom is 0.269 e. The Kier molecular flexibility index (Phi) is 8.20. The van der Waals surface area contributed by atoms with Crippen LogP contribution in [0.4, 0.5) is 5.69 Å². The largest absolute Gasteiger partial charge is 0.492 e. The number of pyridine rings is 3. The Balaban J connectivity index is 1.70. The number of aryl methyl sites for hydroxylation is 1. The molecule has 0 aliphatic rings. The van der Waals surface area contributed by atoms with E-state index in [0.717, 1.165) is 22.3 Å². The zero-order valence-electron chi connectivity index (χ0n) is 23.1. The second-order valence-corrected chi connectivity index (χ2v) is 9.66. The molecule has 202 valence electrons. The number of rotatable bonds is 8. The highest BCUT2D eigenvalue weighted by Gasteiger charge is 2.23. The van der Waals surface area contributed by atoms with Crippen LogP contribution in [0.15, 0.2) is 67.1 Å². The second kappa shape index (κ2) is 11.7. The Morgan fingerprint density at radius 3 is 2.48 bits per heavy atom. The smallest absolute Gasteiger partial charge is 0.269 e. The van der Waals surface area contributed by atoms with Crippen LogP contribution in [-0.2, 0) is 5.41 Å². The third-order valence-electron chi connectivity index (χ3n) is 6.41. The van der Waals surface area contributed by atoms with E-state index in [0.29, 0.717) is 40.7 Å². The van der Waals surface area contributed by atoms with Crippen molar-refractivity contribution in [2.24, 2.45) is 0 Å². The van der Waals surface area contributed by atoms with Crippen LogP contribution in [0.3, 0.4) is 0 Å². The molecule has 9 nitrogen and oxygen atoms in total. The molecule has 0 radical (unpaired) electrons. The fourth-order valence-corrected chi connectivity index (χ4v) is 4.09. The van der Waals surface area contributed by atoms with Gasteiger partial charge in [-0.1, -0.05) is 6.07 Å². The number of benzene rings is 1. The van der Waals surface area contributed by atoms with E-state index in [1.165, 1.54) is 6.20 Å². The van der Waals surface area contributed by atoms with Crippen LogP contribution in [0.1, 0.15) is 52.9 Å². The summed E-state index contributed by atoms with van der Waals surface area (Å²) in [6.45, 7) is 7.82. The van der Waals surface area contributed by atoms with Crippen molar-refractivity contribution >= 4 is 17.5 Å². The van der Waals surface area contributed by atoms with Gasteiger partial charge in [0.05, 0.1) is 35.7 Å². The van der Waals surface area contributed by atoms with Crippen molar-refractivity contribution in [2.45, 2.75) is 33.1 Å². The Bertz CT molecular complexity index is 1620. The number of amides is 2. The Morgan fingerprint density at radius 2 is 1.75 bits per heavy atom. The number of aromatic nitrogens is 3. The van der Waals surface area contributed by atoms with E-state index in [-0.39, 0.29) is 11.8 Å². The molecule has 4 aromatic rings. The van der Waals surface area contributed by atoms with Gasteiger partial charge in [0.1, 0.15) is 11.4 Å². The van der Waals surface area contributed by atoms with Crippen molar-refractivity contribution < 1.29 is 14.3 Å². The molecule has 0 bridgehead atoms. The van der Waals surface area contributed by atoms with E-state index in [1.54, 1.807) is 51.5 Å². The van der Waals surface area contributed by atoms with Crippen LogP contribution in [-0.4, -0.2) is 40.4 Å². The summed E-state index contributed by atoms with van der Waals surface area (Å²) in [5.41, 5.74) is 4.97. The monoisotopic (exact) mass is 534 g/mol. The molecule has 2 amide bonds. The maximum absolute atomic E-state index is 13.1. The predicted octanol–water partition coefficient (Wildman–Crippen LogP) is 5.33. The Morgan fingerprint density at radius 1 is 0.975 bits per heavy atom. The van der Waals surface area contributed by atoms with Crippen LogP contribution in [0.2, 0.25) is 0 Å². The SMILES string of the molecule is CCOc1cnc(-c2cc(NC(=O)c3ccnc(C(C)(C)C#N)c3)ccc2C)cc1-c1ccnc(C(=O)NC)c1. The van der Waals surface area contributed by atoms with Crippen molar-refractivity contribution in [2.75, 3.05) is 19.0 Å². The molecule has 40 heavy (non-hydrogen) atoms. The third-order valence-corrected chi connectivity index (χ3v) is 6.41. The molecule has 3 heterocycles. The average molecular weight is 535 g/mol. The van der Waals surface area contributed by atoms with Gasteiger partial charge in [0.25, 0.3) is 11.8 Å². The molecule has 4 rings (SSSR count). The molecule has 0 saturated carbocycles. The molecular weight excluding hydrogens is 504 g/mol. The van der Waals surface area contributed by atoms with Crippen molar-refractivity contribution in [3.8, 4) is 34.2 Å².